The molecule has 4 nitrogen and oxygen atoms in total. The summed E-state index contributed by atoms with van der Waals surface area (Å²) < 4.78 is 358. The van der Waals surface area contributed by atoms with E-state index >= 15 is 8.78 Å². The molecule has 30 heteroatoms. The molecule has 0 fully saturated rings. The van der Waals surface area contributed by atoms with Crippen molar-refractivity contribution in [3.8, 4) is 0 Å². The van der Waals surface area contributed by atoms with Gasteiger partial charge in [0.05, 0.1) is 10.2 Å². The van der Waals surface area contributed by atoms with Crippen molar-refractivity contribution in [2.45, 2.75) is 103 Å². The van der Waals surface area contributed by atoms with E-state index in [1.165, 1.54) is 0 Å². The van der Waals surface area contributed by atoms with Gasteiger partial charge in [0.1, 0.15) is 0 Å². The number of halogens is 25. The van der Waals surface area contributed by atoms with Crippen LogP contribution in [0.25, 0.3) is 0 Å². The van der Waals surface area contributed by atoms with E-state index in [-0.39, 0.29) is 0 Å². The molecule has 302 valence electrons. The summed E-state index contributed by atoms with van der Waals surface area (Å²) in [5.74, 6) is -106. The Hall–Kier alpha value is -1.69. The van der Waals surface area contributed by atoms with Crippen molar-refractivity contribution in [1.82, 2.24) is 0 Å². The molecule has 0 saturated heterocycles. The van der Waals surface area contributed by atoms with Crippen LogP contribution in [0.2, 0.25) is 0 Å². The molecule has 0 bridgehead atoms. The van der Waals surface area contributed by atoms with Crippen molar-refractivity contribution in [2.75, 3.05) is 19.8 Å². The molecule has 0 aliphatic heterocycles. The molecule has 0 spiro atoms. The fourth-order valence-corrected chi connectivity index (χ4v) is 4.70. The van der Waals surface area contributed by atoms with Gasteiger partial charge in [-0.1, -0.05) is 0 Å². The fourth-order valence-electron chi connectivity index (χ4n) is 3.67. The highest BCUT2D eigenvalue weighted by molar-refractivity contribution is 6.14. The second-order valence-electron chi connectivity index (χ2n) is 9.70. The maximum Gasteiger partial charge on any atom is 0.460 e. The topological polar surface area (TPSA) is 47.9 Å². The van der Waals surface area contributed by atoms with E-state index in [0.29, 0.717) is 6.92 Å². The fraction of sp³-hybridized carbons (Fsp3) is 1.00. The van der Waals surface area contributed by atoms with Crippen molar-refractivity contribution in [3.63, 3.8) is 0 Å². The first-order valence-corrected chi connectivity index (χ1v) is 13.3. The molecule has 0 heterocycles. The molecule has 1 atom stereocenters. The lowest BCUT2D eigenvalue weighted by Gasteiger charge is -2.50. The Balaban J connectivity index is 7.74. The van der Waals surface area contributed by atoms with Crippen LogP contribution < -0.4 is 0 Å². The standard InChI is InChI=1S/C20H19F25O4Si/c1-4-47-18(46,20(50,48-5-2)49-6-3)16(39,40)14(35,36)12(31,32)10(27,28)8(23,24)7(21,22)9(25,26)11(29,30)13(33,34)15(37,38)17(41,42)19(43,44)45/h46H,4-6H2,1-3,50H3. The molecular weight excluding hydrogens is 807 g/mol. The number of ether oxygens (including phenoxy) is 3. The Morgan fingerprint density at radius 2 is 0.520 bits per heavy atom. The largest absolute Gasteiger partial charge is 0.460 e. The normalized spacial score (nSPS) is 17.7. The van der Waals surface area contributed by atoms with Crippen molar-refractivity contribution in [2.24, 2.45) is 0 Å². The third-order valence-corrected chi connectivity index (χ3v) is 7.79. The zero-order chi connectivity index (χ0) is 41.2. The van der Waals surface area contributed by atoms with Crippen LogP contribution >= 0.6 is 0 Å². The molecule has 0 radical (unpaired) electrons. The van der Waals surface area contributed by atoms with Crippen LogP contribution in [0, 0.1) is 0 Å². The van der Waals surface area contributed by atoms with E-state index in [9.17, 15) is 106 Å². The average molecular weight is 826 g/mol. The number of hydrogen-bond donors (Lipinski definition) is 1. The molecule has 0 aromatic carbocycles. The number of hydrogen-bond acceptors (Lipinski definition) is 4. The van der Waals surface area contributed by atoms with E-state index < -0.39 is 113 Å². The van der Waals surface area contributed by atoms with Crippen molar-refractivity contribution in [1.29, 1.82) is 0 Å². The van der Waals surface area contributed by atoms with Gasteiger partial charge < -0.3 is 19.3 Å². The SMILES string of the molecule is CCOC([SiH3])(OCC)C(O)(OCC)C(F)(F)C(F)(F)C(F)(F)C(F)(F)C(F)(F)C(F)(F)C(F)(F)C(F)(F)C(F)(F)C(F)(F)C(F)(F)C(F)(F)F. The smallest absolute Gasteiger partial charge is 0.357 e. The Morgan fingerprint density at radius 3 is 0.700 bits per heavy atom. The van der Waals surface area contributed by atoms with Gasteiger partial charge in [0, 0.05) is 19.8 Å². The molecule has 0 aliphatic carbocycles. The zero-order valence-electron chi connectivity index (χ0n) is 24.2. The van der Waals surface area contributed by atoms with E-state index in [4.69, 9.17) is 0 Å². The summed E-state index contributed by atoms with van der Waals surface area (Å²) in [5.41, 5.74) is -3.89. The molecule has 50 heavy (non-hydrogen) atoms. The third kappa shape index (κ3) is 5.87. The Kier molecular flexibility index (Phi) is 12.6. The lowest BCUT2D eigenvalue weighted by molar-refractivity contribution is -0.500. The van der Waals surface area contributed by atoms with E-state index in [1.807, 2.05) is 0 Å². The van der Waals surface area contributed by atoms with Crippen LogP contribution in [0.4, 0.5) is 110 Å². The van der Waals surface area contributed by atoms with Crippen LogP contribution in [-0.2, 0) is 14.2 Å². The number of rotatable bonds is 18. The first-order valence-electron chi connectivity index (χ1n) is 12.3. The highest BCUT2D eigenvalue weighted by atomic mass is 28.1. The molecule has 0 saturated carbocycles. The molecule has 1 unspecified atom stereocenters. The first kappa shape index (κ1) is 48.3. The second-order valence-corrected chi connectivity index (χ2v) is 11.0. The molecule has 0 aliphatic rings. The van der Waals surface area contributed by atoms with Gasteiger partial charge in [-0.15, -0.1) is 0 Å². The van der Waals surface area contributed by atoms with Gasteiger partial charge in [-0.3, -0.25) is 0 Å². The maximum absolute atomic E-state index is 15.1. The van der Waals surface area contributed by atoms with Gasteiger partial charge in [0.25, 0.3) is 5.79 Å². The minimum absolute atomic E-state index is 0.437. The van der Waals surface area contributed by atoms with Gasteiger partial charge in [-0.25, -0.2) is 0 Å². The van der Waals surface area contributed by atoms with Crippen LogP contribution in [0.3, 0.4) is 0 Å². The summed E-state index contributed by atoms with van der Waals surface area (Å²) >= 11 is 0. The molecular formula is C20H19F25O4Si. The van der Waals surface area contributed by atoms with E-state index in [0.717, 1.165) is 13.8 Å². The van der Waals surface area contributed by atoms with E-state index in [2.05, 4.69) is 14.2 Å². The quantitative estimate of drug-likeness (QED) is 0.0893. The molecule has 0 aromatic rings. The minimum atomic E-state index is -9.71. The molecule has 0 aromatic heterocycles. The average Bonchev–Trinajstić information content (AvgIpc) is 2.91. The summed E-state index contributed by atoms with van der Waals surface area (Å²) in [7, 11) is -1.51. The molecule has 0 amide bonds. The lowest BCUT2D eigenvalue weighted by Crippen LogP contribution is -2.81. The summed E-state index contributed by atoms with van der Waals surface area (Å²) in [6, 6.07) is 0. The van der Waals surface area contributed by atoms with Crippen molar-refractivity contribution < 1.29 is 129 Å². The maximum atomic E-state index is 15.1. The number of alkyl halides is 25. The Labute approximate surface area is 263 Å². The van der Waals surface area contributed by atoms with Crippen LogP contribution in [-0.4, -0.2) is 118 Å². The zero-order valence-corrected chi connectivity index (χ0v) is 26.2. The Bertz CT molecular complexity index is 1180. The van der Waals surface area contributed by atoms with Crippen LogP contribution in [0.1, 0.15) is 20.8 Å². The predicted molar refractivity (Wildman–Crippen MR) is 113 cm³/mol. The van der Waals surface area contributed by atoms with Gasteiger partial charge in [0.15, 0.2) is 5.41 Å². The monoisotopic (exact) mass is 826 g/mol. The number of aliphatic hydroxyl groups is 1. The summed E-state index contributed by atoms with van der Waals surface area (Å²) in [4.78, 5) is 0. The summed E-state index contributed by atoms with van der Waals surface area (Å²) in [5, 5.41) is 10.3. The highest BCUT2D eigenvalue weighted by Crippen LogP contribution is 2.68. The first-order chi connectivity index (χ1) is 21.4. The van der Waals surface area contributed by atoms with Gasteiger partial charge in [-0.05, 0) is 20.8 Å². The van der Waals surface area contributed by atoms with Gasteiger partial charge in [-0.2, -0.15) is 110 Å². The Morgan fingerprint density at radius 1 is 0.340 bits per heavy atom. The molecule has 1 N–H and O–H groups in total. The highest BCUT2D eigenvalue weighted by Gasteiger charge is 3.00. The third-order valence-electron chi connectivity index (χ3n) is 6.53. The summed E-state index contributed by atoms with van der Waals surface area (Å²) in [6.45, 7) is -1.83. The predicted octanol–water partition coefficient (Wildman–Crippen LogP) is 7.35. The summed E-state index contributed by atoms with van der Waals surface area (Å²) in [6.07, 6.45) is -8.21. The van der Waals surface area contributed by atoms with Crippen molar-refractivity contribution in [3.05, 3.63) is 0 Å². The van der Waals surface area contributed by atoms with E-state index in [1.54, 1.807) is 0 Å². The van der Waals surface area contributed by atoms with Crippen molar-refractivity contribution >= 4 is 10.2 Å². The van der Waals surface area contributed by atoms with Gasteiger partial charge in [0.2, 0.25) is 0 Å². The van der Waals surface area contributed by atoms with Gasteiger partial charge >= 0.3 is 71.3 Å². The van der Waals surface area contributed by atoms with Crippen LogP contribution in [0.15, 0.2) is 0 Å². The second kappa shape index (κ2) is 13.0. The van der Waals surface area contributed by atoms with Crippen LogP contribution in [0.5, 0.6) is 0 Å². The lowest BCUT2D eigenvalue weighted by atomic mass is 9.83. The minimum Gasteiger partial charge on any atom is -0.357 e. The molecule has 0 rings (SSSR count).